The first kappa shape index (κ1) is 20.5. The van der Waals surface area contributed by atoms with Crippen LogP contribution in [0.4, 0.5) is 4.39 Å². The highest BCUT2D eigenvalue weighted by Crippen LogP contribution is 2.21. The molecular formula is C26H24FN3O. The van der Waals surface area contributed by atoms with E-state index in [1.807, 2.05) is 55.6 Å². The Morgan fingerprint density at radius 3 is 2.52 bits per heavy atom. The van der Waals surface area contributed by atoms with Gasteiger partial charge in [0.2, 0.25) is 5.91 Å². The molecule has 0 fully saturated rings. The number of carbonyl (C=O) groups excluding carboxylic acids is 1. The summed E-state index contributed by atoms with van der Waals surface area (Å²) < 4.78 is 15.3. The van der Waals surface area contributed by atoms with E-state index in [4.69, 9.17) is 0 Å². The number of nitrogens with one attached hydrogen (secondary N) is 1. The van der Waals surface area contributed by atoms with Crippen LogP contribution in [0.1, 0.15) is 27.8 Å². The van der Waals surface area contributed by atoms with Gasteiger partial charge in [-0.3, -0.25) is 4.79 Å². The van der Waals surface area contributed by atoms with Crippen LogP contribution < -0.4 is 5.43 Å². The number of halogens is 1. The van der Waals surface area contributed by atoms with E-state index in [2.05, 4.69) is 22.0 Å². The molecule has 31 heavy (non-hydrogen) atoms. The molecule has 0 aliphatic heterocycles. The number of hydrogen-bond donors (Lipinski definition) is 1. The van der Waals surface area contributed by atoms with Crippen LogP contribution in [0.3, 0.4) is 0 Å². The molecule has 1 heterocycles. The Morgan fingerprint density at radius 2 is 1.74 bits per heavy atom. The van der Waals surface area contributed by atoms with E-state index in [1.54, 1.807) is 18.3 Å². The number of benzene rings is 3. The molecule has 0 aliphatic rings. The Balaban J connectivity index is 1.48. The second-order valence-corrected chi connectivity index (χ2v) is 7.74. The second-order valence-electron chi connectivity index (χ2n) is 7.74. The maximum atomic E-state index is 13.2. The standard InChI is InChI=1S/C26H24FN3O/c1-18-7-8-21(13-19(18)2)14-26(31)29-28-15-22-17-30(25-6-4-3-5-24(22)25)16-20-9-11-23(27)12-10-20/h3-13,15,17H,14,16H2,1-2H3,(H,29,31)/b28-15-. The second kappa shape index (κ2) is 8.96. The molecule has 0 radical (unpaired) electrons. The lowest BCUT2D eigenvalue weighted by atomic mass is 10.0. The summed E-state index contributed by atoms with van der Waals surface area (Å²) >= 11 is 0. The first-order chi connectivity index (χ1) is 15.0. The first-order valence-electron chi connectivity index (χ1n) is 10.2. The molecule has 3 aromatic carbocycles. The highest BCUT2D eigenvalue weighted by molar-refractivity contribution is 5.99. The Labute approximate surface area is 181 Å². The number of nitrogens with zero attached hydrogens (tertiary/aromatic N) is 2. The number of para-hydroxylation sites is 1. The van der Waals surface area contributed by atoms with Crippen molar-refractivity contribution in [1.29, 1.82) is 0 Å². The molecule has 0 unspecified atom stereocenters. The van der Waals surface area contributed by atoms with Crippen LogP contribution in [0, 0.1) is 19.7 Å². The number of hydrazone groups is 1. The van der Waals surface area contributed by atoms with Crippen molar-refractivity contribution in [1.82, 2.24) is 9.99 Å². The van der Waals surface area contributed by atoms with E-state index in [-0.39, 0.29) is 18.1 Å². The van der Waals surface area contributed by atoms with Gasteiger partial charge in [0.15, 0.2) is 0 Å². The lowest BCUT2D eigenvalue weighted by Crippen LogP contribution is -2.19. The van der Waals surface area contributed by atoms with Gasteiger partial charge >= 0.3 is 0 Å². The molecule has 1 amide bonds. The van der Waals surface area contributed by atoms with Gasteiger partial charge in [-0.15, -0.1) is 0 Å². The summed E-state index contributed by atoms with van der Waals surface area (Å²) in [5.41, 5.74) is 8.93. The number of hydrogen-bond acceptors (Lipinski definition) is 2. The Kier molecular flexibility index (Phi) is 5.94. The van der Waals surface area contributed by atoms with Crippen molar-refractivity contribution in [3.8, 4) is 0 Å². The molecule has 0 bridgehead atoms. The number of rotatable bonds is 6. The molecule has 0 saturated heterocycles. The number of aromatic nitrogens is 1. The maximum absolute atomic E-state index is 13.2. The Hall–Kier alpha value is -3.73. The van der Waals surface area contributed by atoms with Gasteiger partial charge < -0.3 is 4.57 Å². The molecule has 0 aliphatic carbocycles. The minimum absolute atomic E-state index is 0.158. The number of aryl methyl sites for hydroxylation is 2. The van der Waals surface area contributed by atoms with Gasteiger partial charge in [0, 0.05) is 29.2 Å². The van der Waals surface area contributed by atoms with Gasteiger partial charge in [-0.1, -0.05) is 48.5 Å². The highest BCUT2D eigenvalue weighted by Gasteiger charge is 2.08. The van der Waals surface area contributed by atoms with Crippen molar-refractivity contribution >= 4 is 23.0 Å². The molecular weight excluding hydrogens is 389 g/mol. The van der Waals surface area contributed by atoms with Crippen molar-refractivity contribution in [3.63, 3.8) is 0 Å². The Morgan fingerprint density at radius 1 is 1.00 bits per heavy atom. The molecule has 5 heteroatoms. The van der Waals surface area contributed by atoms with E-state index in [0.717, 1.165) is 27.6 Å². The maximum Gasteiger partial charge on any atom is 0.244 e. The van der Waals surface area contributed by atoms with Gasteiger partial charge in [-0.05, 0) is 54.3 Å². The van der Waals surface area contributed by atoms with Crippen LogP contribution in [0.25, 0.3) is 10.9 Å². The average molecular weight is 413 g/mol. The lowest BCUT2D eigenvalue weighted by molar-refractivity contribution is -0.120. The minimum atomic E-state index is -0.245. The molecule has 4 aromatic rings. The van der Waals surface area contributed by atoms with Crippen molar-refractivity contribution in [2.24, 2.45) is 5.10 Å². The summed E-state index contributed by atoms with van der Waals surface area (Å²) in [6.07, 6.45) is 3.94. The van der Waals surface area contributed by atoms with Gasteiger partial charge in [-0.25, -0.2) is 9.82 Å². The van der Waals surface area contributed by atoms with Gasteiger partial charge in [-0.2, -0.15) is 5.10 Å². The predicted molar refractivity (Wildman–Crippen MR) is 123 cm³/mol. The van der Waals surface area contributed by atoms with Crippen molar-refractivity contribution in [2.45, 2.75) is 26.8 Å². The fraction of sp³-hybridized carbons (Fsp3) is 0.154. The van der Waals surface area contributed by atoms with Gasteiger partial charge in [0.05, 0.1) is 12.6 Å². The largest absolute Gasteiger partial charge is 0.342 e. The number of amides is 1. The van der Waals surface area contributed by atoms with Gasteiger partial charge in [0.25, 0.3) is 0 Å². The Bertz CT molecular complexity index is 1260. The third-order valence-corrected chi connectivity index (χ3v) is 5.41. The lowest BCUT2D eigenvalue weighted by Gasteiger charge is -2.05. The first-order valence-corrected chi connectivity index (χ1v) is 10.2. The van der Waals surface area contributed by atoms with Crippen molar-refractivity contribution in [2.75, 3.05) is 0 Å². The zero-order valence-corrected chi connectivity index (χ0v) is 17.6. The van der Waals surface area contributed by atoms with Crippen molar-refractivity contribution in [3.05, 3.63) is 107 Å². The fourth-order valence-electron chi connectivity index (χ4n) is 3.61. The van der Waals surface area contributed by atoms with Crippen LogP contribution in [0.15, 0.2) is 78.0 Å². The normalized spacial score (nSPS) is 11.3. The molecule has 0 atom stereocenters. The zero-order valence-electron chi connectivity index (χ0n) is 17.6. The SMILES string of the molecule is Cc1ccc(CC(=O)N/N=C\c2cn(Cc3ccc(F)cc3)c3ccccc23)cc1C. The van der Waals surface area contributed by atoms with Crippen LogP contribution in [-0.4, -0.2) is 16.7 Å². The van der Waals surface area contributed by atoms with Crippen LogP contribution in [0.2, 0.25) is 0 Å². The summed E-state index contributed by atoms with van der Waals surface area (Å²) in [5.74, 6) is -0.403. The molecule has 0 spiro atoms. The van der Waals surface area contributed by atoms with Crippen LogP contribution >= 0.6 is 0 Å². The summed E-state index contributed by atoms with van der Waals surface area (Å²) in [7, 11) is 0. The van der Waals surface area contributed by atoms with Gasteiger partial charge in [0.1, 0.15) is 5.82 Å². The van der Waals surface area contributed by atoms with E-state index in [9.17, 15) is 9.18 Å². The van der Waals surface area contributed by atoms with E-state index < -0.39 is 0 Å². The third-order valence-electron chi connectivity index (χ3n) is 5.41. The van der Waals surface area contributed by atoms with Crippen molar-refractivity contribution < 1.29 is 9.18 Å². The minimum Gasteiger partial charge on any atom is -0.342 e. The fourth-order valence-corrected chi connectivity index (χ4v) is 3.61. The average Bonchev–Trinajstić information content (AvgIpc) is 3.10. The van der Waals surface area contributed by atoms with E-state index in [1.165, 1.54) is 23.3 Å². The monoisotopic (exact) mass is 413 g/mol. The van der Waals surface area contributed by atoms with E-state index in [0.29, 0.717) is 6.54 Å². The molecule has 4 nitrogen and oxygen atoms in total. The van der Waals surface area contributed by atoms with Crippen LogP contribution in [-0.2, 0) is 17.8 Å². The predicted octanol–water partition coefficient (Wildman–Crippen LogP) is 5.14. The smallest absolute Gasteiger partial charge is 0.244 e. The molecule has 156 valence electrons. The van der Waals surface area contributed by atoms with Crippen LogP contribution in [0.5, 0.6) is 0 Å². The number of fused-ring (bicyclic) bond motifs is 1. The highest BCUT2D eigenvalue weighted by atomic mass is 19.1. The molecule has 4 rings (SSSR count). The van der Waals surface area contributed by atoms with E-state index >= 15 is 0 Å². The third kappa shape index (κ3) is 4.89. The molecule has 0 saturated carbocycles. The quantitative estimate of drug-likeness (QED) is 0.345. The summed E-state index contributed by atoms with van der Waals surface area (Å²) in [6.45, 7) is 4.71. The number of carbonyl (C=O) groups is 1. The summed E-state index contributed by atoms with van der Waals surface area (Å²) in [5, 5.41) is 5.21. The zero-order chi connectivity index (χ0) is 21.8. The molecule has 1 N–H and O–H groups in total. The molecule has 1 aromatic heterocycles. The topological polar surface area (TPSA) is 46.4 Å². The summed E-state index contributed by atoms with van der Waals surface area (Å²) in [4.78, 5) is 12.3. The summed E-state index contributed by atoms with van der Waals surface area (Å²) in [6, 6.07) is 20.5.